The molecule has 0 spiro atoms. The molecule has 130 valence electrons. The summed E-state index contributed by atoms with van der Waals surface area (Å²) in [6.07, 6.45) is -4.76. The number of nitrogens with one attached hydrogen (secondary N) is 1. The van der Waals surface area contributed by atoms with Crippen LogP contribution in [0.4, 0.5) is 23.2 Å². The first-order valence-electron chi connectivity index (χ1n) is 6.30. The van der Waals surface area contributed by atoms with Crippen molar-refractivity contribution in [3.05, 3.63) is 34.9 Å². The quantitative estimate of drug-likeness (QED) is 0.481. The molecule has 0 bridgehead atoms. The maximum Gasteiger partial charge on any atom is 0.453 e. The van der Waals surface area contributed by atoms with E-state index in [1.165, 1.54) is 13.0 Å². The summed E-state index contributed by atoms with van der Waals surface area (Å²) in [5.41, 5.74) is 0.167. The number of carbonyl (C=O) groups is 1. The normalized spacial score (nSPS) is 12.9. The highest BCUT2D eigenvalue weighted by molar-refractivity contribution is 8.00. The molecule has 1 unspecified atom stereocenters. The van der Waals surface area contributed by atoms with Crippen LogP contribution >= 0.6 is 23.4 Å². The minimum absolute atomic E-state index is 0.0121. The summed E-state index contributed by atoms with van der Waals surface area (Å²) in [6.45, 7) is 1.43. The highest BCUT2D eigenvalue weighted by atomic mass is 35.5. The predicted octanol–water partition coefficient (Wildman–Crippen LogP) is 2.92. The Kier molecular flexibility index (Phi) is 5.23. The van der Waals surface area contributed by atoms with Crippen LogP contribution in [0.5, 0.6) is 0 Å². The van der Waals surface area contributed by atoms with Gasteiger partial charge >= 0.3 is 6.18 Å². The third-order valence-corrected chi connectivity index (χ3v) is 4.13. The Morgan fingerprint density at radius 3 is 2.62 bits per heavy atom. The number of nitrogens with zero attached hydrogens (tertiary/aromatic N) is 3. The number of nitrogens with two attached hydrogens (primary N) is 1. The van der Waals surface area contributed by atoms with Gasteiger partial charge in [-0.2, -0.15) is 13.2 Å². The number of thioether (sulfide) groups is 1. The summed E-state index contributed by atoms with van der Waals surface area (Å²) in [6, 6.07) is 3.38. The molecule has 2 aromatic rings. The summed E-state index contributed by atoms with van der Waals surface area (Å²) < 4.78 is 51.0. The largest absolute Gasteiger partial charge is 0.453 e. The van der Waals surface area contributed by atoms with E-state index in [1.54, 1.807) is 0 Å². The Hall–Kier alpha value is -2.01. The summed E-state index contributed by atoms with van der Waals surface area (Å²) in [5.74, 6) is 2.76. The van der Waals surface area contributed by atoms with E-state index >= 15 is 0 Å². The van der Waals surface area contributed by atoms with Crippen LogP contribution in [0.25, 0.3) is 0 Å². The van der Waals surface area contributed by atoms with Gasteiger partial charge < -0.3 is 11.2 Å². The number of halogens is 5. The van der Waals surface area contributed by atoms with Gasteiger partial charge in [-0.05, 0) is 25.1 Å². The lowest BCUT2D eigenvalue weighted by Gasteiger charge is -2.12. The molecule has 0 fully saturated rings. The van der Waals surface area contributed by atoms with Gasteiger partial charge in [0.25, 0.3) is 5.82 Å². The zero-order valence-corrected chi connectivity index (χ0v) is 13.5. The molecule has 3 N–H and O–H groups in total. The predicted molar refractivity (Wildman–Crippen MR) is 80.5 cm³/mol. The molecule has 0 saturated heterocycles. The average Bonchev–Trinajstić information content (AvgIpc) is 2.83. The highest BCUT2D eigenvalue weighted by Gasteiger charge is 2.38. The number of hydrogen-bond acceptors (Lipinski definition) is 5. The first kappa shape index (κ1) is 18.3. The summed E-state index contributed by atoms with van der Waals surface area (Å²) in [4.78, 5) is 12.1. The third kappa shape index (κ3) is 4.09. The lowest BCUT2D eigenvalue weighted by Crippen LogP contribution is -2.25. The summed E-state index contributed by atoms with van der Waals surface area (Å²) in [5, 5.41) is 7.55. The van der Waals surface area contributed by atoms with Crippen molar-refractivity contribution in [1.29, 1.82) is 0 Å². The van der Waals surface area contributed by atoms with Gasteiger partial charge in [-0.15, -0.1) is 10.2 Å². The number of nitrogen functional groups attached to an aromatic ring is 1. The lowest BCUT2D eigenvalue weighted by atomic mass is 10.3. The fraction of sp³-hybridized carbons (Fsp3) is 0.250. The average molecular weight is 384 g/mol. The third-order valence-electron chi connectivity index (χ3n) is 2.76. The van der Waals surface area contributed by atoms with Gasteiger partial charge in [-0.1, -0.05) is 23.4 Å². The van der Waals surface area contributed by atoms with Crippen LogP contribution in [0.3, 0.4) is 0 Å². The molecule has 6 nitrogen and oxygen atoms in total. The number of alkyl halides is 3. The Labute approximate surface area is 142 Å². The van der Waals surface area contributed by atoms with Gasteiger partial charge in [0.2, 0.25) is 11.1 Å². The standard InChI is InChI=1S/C12H10ClF4N5OS/c1-5(9(23)19-8-3-2-6(14)4-7(8)13)24-11-21-20-10(22(11)18)12(15,16)17/h2-5H,18H2,1H3,(H,19,23). The van der Waals surface area contributed by atoms with E-state index in [0.717, 1.165) is 12.1 Å². The fourth-order valence-electron chi connectivity index (χ4n) is 1.59. The molecule has 0 aliphatic rings. The van der Waals surface area contributed by atoms with Crippen molar-refractivity contribution in [2.45, 2.75) is 23.5 Å². The number of rotatable bonds is 4. The van der Waals surface area contributed by atoms with Crippen LogP contribution in [0.2, 0.25) is 5.02 Å². The maximum atomic E-state index is 12.9. The smallest absolute Gasteiger partial charge is 0.335 e. The van der Waals surface area contributed by atoms with E-state index in [-0.39, 0.29) is 20.5 Å². The van der Waals surface area contributed by atoms with Crippen molar-refractivity contribution < 1.29 is 22.4 Å². The molecule has 1 atom stereocenters. The summed E-state index contributed by atoms with van der Waals surface area (Å²) in [7, 11) is 0. The van der Waals surface area contributed by atoms with Crippen molar-refractivity contribution in [2.75, 3.05) is 11.2 Å². The SMILES string of the molecule is CC(Sc1nnc(C(F)(F)F)n1N)C(=O)Nc1ccc(F)cc1Cl. The van der Waals surface area contributed by atoms with Crippen LogP contribution in [0.1, 0.15) is 12.7 Å². The second-order valence-electron chi connectivity index (χ2n) is 4.55. The van der Waals surface area contributed by atoms with Crippen molar-refractivity contribution >= 4 is 35.0 Å². The van der Waals surface area contributed by atoms with E-state index in [2.05, 4.69) is 15.5 Å². The molecule has 0 aliphatic carbocycles. The molecular formula is C12H10ClF4N5OS. The zero-order valence-electron chi connectivity index (χ0n) is 11.9. The summed E-state index contributed by atoms with van der Waals surface area (Å²) >= 11 is 6.46. The number of amides is 1. The number of benzene rings is 1. The van der Waals surface area contributed by atoms with Crippen LogP contribution < -0.4 is 11.2 Å². The topological polar surface area (TPSA) is 85.8 Å². The molecule has 2 rings (SSSR count). The van der Waals surface area contributed by atoms with Crippen LogP contribution in [-0.4, -0.2) is 26.0 Å². The van der Waals surface area contributed by atoms with Gasteiger partial charge in [-0.3, -0.25) is 4.79 Å². The van der Waals surface area contributed by atoms with Gasteiger partial charge in [0.15, 0.2) is 0 Å². The molecule has 1 aromatic heterocycles. The minimum atomic E-state index is -4.76. The van der Waals surface area contributed by atoms with Gasteiger partial charge in [0.05, 0.1) is 16.0 Å². The molecule has 24 heavy (non-hydrogen) atoms. The fourth-order valence-corrected chi connectivity index (χ4v) is 2.57. The van der Waals surface area contributed by atoms with Crippen LogP contribution in [-0.2, 0) is 11.0 Å². The molecular weight excluding hydrogens is 374 g/mol. The number of anilines is 1. The lowest BCUT2D eigenvalue weighted by molar-refractivity contribution is -0.146. The van der Waals surface area contributed by atoms with E-state index < -0.39 is 29.0 Å². The maximum absolute atomic E-state index is 12.9. The Balaban J connectivity index is 2.08. The second kappa shape index (κ2) is 6.85. The second-order valence-corrected chi connectivity index (χ2v) is 6.26. The van der Waals surface area contributed by atoms with Crippen molar-refractivity contribution in [2.24, 2.45) is 0 Å². The molecule has 1 aromatic carbocycles. The number of carbonyl (C=O) groups excluding carboxylic acids is 1. The van der Waals surface area contributed by atoms with Gasteiger partial charge in [0.1, 0.15) is 5.82 Å². The first-order valence-corrected chi connectivity index (χ1v) is 7.55. The monoisotopic (exact) mass is 383 g/mol. The molecule has 1 heterocycles. The van der Waals surface area contributed by atoms with Crippen molar-refractivity contribution in [1.82, 2.24) is 14.9 Å². The number of hydrogen-bond donors (Lipinski definition) is 2. The van der Waals surface area contributed by atoms with E-state index in [1.807, 2.05) is 0 Å². The Bertz CT molecular complexity index is 766. The Morgan fingerprint density at radius 2 is 2.08 bits per heavy atom. The van der Waals surface area contributed by atoms with Gasteiger partial charge in [-0.25, -0.2) is 9.07 Å². The molecule has 0 radical (unpaired) electrons. The van der Waals surface area contributed by atoms with E-state index in [0.29, 0.717) is 11.8 Å². The van der Waals surface area contributed by atoms with Gasteiger partial charge in [0, 0.05) is 0 Å². The van der Waals surface area contributed by atoms with E-state index in [4.69, 9.17) is 17.4 Å². The highest BCUT2D eigenvalue weighted by Crippen LogP contribution is 2.30. The Morgan fingerprint density at radius 1 is 1.42 bits per heavy atom. The molecule has 0 aliphatic heterocycles. The first-order chi connectivity index (χ1) is 11.1. The molecule has 12 heteroatoms. The van der Waals surface area contributed by atoms with E-state index in [9.17, 15) is 22.4 Å². The minimum Gasteiger partial charge on any atom is -0.335 e. The molecule has 1 amide bonds. The van der Waals surface area contributed by atoms with Crippen LogP contribution in [0.15, 0.2) is 23.4 Å². The zero-order chi connectivity index (χ0) is 18.1. The number of aromatic nitrogens is 3. The van der Waals surface area contributed by atoms with Crippen LogP contribution in [0, 0.1) is 5.82 Å². The van der Waals surface area contributed by atoms with Crippen molar-refractivity contribution in [3.63, 3.8) is 0 Å². The molecule has 0 saturated carbocycles. The van der Waals surface area contributed by atoms with Crippen molar-refractivity contribution in [3.8, 4) is 0 Å².